The third-order valence-corrected chi connectivity index (χ3v) is 3.94. The number of hydrazine groups is 1. The van der Waals surface area contributed by atoms with Gasteiger partial charge in [0.2, 0.25) is 0 Å². The zero-order valence-corrected chi connectivity index (χ0v) is 16.2. The molecule has 0 saturated carbocycles. The molecule has 0 radical (unpaired) electrons. The molecule has 2 amide bonds. The van der Waals surface area contributed by atoms with Crippen molar-refractivity contribution < 1.29 is 14.3 Å². The SMILES string of the molecule is Cc1ccc(C(C)C)c(OCC(=O)NNC(=O)C(C#N)=Cc2ccccc2)c1. The zero-order chi connectivity index (χ0) is 20.5. The number of benzene rings is 2. The predicted octanol–water partition coefficient (Wildman–Crippen LogP) is 3.25. The van der Waals surface area contributed by atoms with Crippen LogP contribution < -0.4 is 15.6 Å². The first-order valence-electron chi connectivity index (χ1n) is 8.90. The van der Waals surface area contributed by atoms with E-state index in [2.05, 4.69) is 10.9 Å². The molecular weight excluding hydrogens is 354 g/mol. The maximum atomic E-state index is 12.1. The van der Waals surface area contributed by atoms with Gasteiger partial charge in [-0.15, -0.1) is 0 Å². The minimum Gasteiger partial charge on any atom is -0.483 e. The van der Waals surface area contributed by atoms with Crippen molar-refractivity contribution in [2.45, 2.75) is 26.7 Å². The molecule has 2 aromatic rings. The summed E-state index contributed by atoms with van der Waals surface area (Å²) in [5, 5.41) is 9.17. The van der Waals surface area contributed by atoms with Crippen LogP contribution in [-0.4, -0.2) is 18.4 Å². The number of nitrogens with zero attached hydrogens (tertiary/aromatic N) is 1. The largest absolute Gasteiger partial charge is 0.483 e. The molecule has 144 valence electrons. The summed E-state index contributed by atoms with van der Waals surface area (Å²) in [7, 11) is 0. The maximum absolute atomic E-state index is 12.1. The van der Waals surface area contributed by atoms with Crippen LogP contribution in [0.4, 0.5) is 0 Å². The molecule has 28 heavy (non-hydrogen) atoms. The molecule has 6 heteroatoms. The average Bonchev–Trinajstić information content (AvgIpc) is 2.69. The van der Waals surface area contributed by atoms with E-state index < -0.39 is 11.8 Å². The average molecular weight is 377 g/mol. The predicted molar refractivity (Wildman–Crippen MR) is 107 cm³/mol. The number of hydrogen-bond acceptors (Lipinski definition) is 4. The Kier molecular flexibility index (Phi) is 7.35. The fourth-order valence-electron chi connectivity index (χ4n) is 2.48. The standard InChI is InChI=1S/C22H23N3O3/c1-15(2)19-10-9-16(3)11-20(19)28-14-21(26)24-25-22(27)18(13-23)12-17-7-5-4-6-8-17/h4-12,15H,14H2,1-3H3,(H,24,26)(H,25,27). The second-order valence-corrected chi connectivity index (χ2v) is 6.57. The summed E-state index contributed by atoms with van der Waals surface area (Å²) < 4.78 is 5.61. The Morgan fingerprint density at radius 2 is 1.86 bits per heavy atom. The smallest absolute Gasteiger partial charge is 0.280 e. The van der Waals surface area contributed by atoms with Crippen LogP contribution in [0.15, 0.2) is 54.1 Å². The summed E-state index contributed by atoms with van der Waals surface area (Å²) in [5.41, 5.74) is 7.11. The van der Waals surface area contributed by atoms with Gasteiger partial charge in [-0.2, -0.15) is 5.26 Å². The fourth-order valence-corrected chi connectivity index (χ4v) is 2.48. The van der Waals surface area contributed by atoms with Crippen LogP contribution in [0.25, 0.3) is 6.08 Å². The second kappa shape index (κ2) is 9.93. The zero-order valence-electron chi connectivity index (χ0n) is 16.2. The molecule has 0 saturated heterocycles. The van der Waals surface area contributed by atoms with Crippen LogP contribution in [0.2, 0.25) is 0 Å². The third-order valence-electron chi connectivity index (χ3n) is 3.94. The monoisotopic (exact) mass is 377 g/mol. The lowest BCUT2D eigenvalue weighted by Crippen LogP contribution is -2.44. The van der Waals surface area contributed by atoms with Gasteiger partial charge in [0.1, 0.15) is 17.4 Å². The number of ether oxygens (including phenoxy) is 1. The van der Waals surface area contributed by atoms with Crippen LogP contribution in [-0.2, 0) is 9.59 Å². The van der Waals surface area contributed by atoms with Crippen molar-refractivity contribution in [1.29, 1.82) is 5.26 Å². The highest BCUT2D eigenvalue weighted by Crippen LogP contribution is 2.27. The van der Waals surface area contributed by atoms with Gasteiger partial charge in [-0.25, -0.2) is 0 Å². The summed E-state index contributed by atoms with van der Waals surface area (Å²) in [6.07, 6.45) is 1.44. The van der Waals surface area contributed by atoms with Gasteiger partial charge in [0, 0.05) is 0 Å². The van der Waals surface area contributed by atoms with E-state index in [9.17, 15) is 9.59 Å². The molecule has 0 unspecified atom stereocenters. The maximum Gasteiger partial charge on any atom is 0.280 e. The molecule has 0 heterocycles. The number of amides is 2. The van der Waals surface area contributed by atoms with E-state index >= 15 is 0 Å². The first-order chi connectivity index (χ1) is 13.4. The van der Waals surface area contributed by atoms with Gasteiger partial charge in [0.05, 0.1) is 0 Å². The molecule has 6 nitrogen and oxygen atoms in total. The van der Waals surface area contributed by atoms with E-state index in [0.29, 0.717) is 11.3 Å². The lowest BCUT2D eigenvalue weighted by atomic mass is 10.0. The fraction of sp³-hybridized carbons (Fsp3) is 0.227. The van der Waals surface area contributed by atoms with E-state index in [1.54, 1.807) is 24.3 Å². The van der Waals surface area contributed by atoms with Crippen molar-refractivity contribution in [3.05, 3.63) is 70.8 Å². The number of carbonyl (C=O) groups excluding carboxylic acids is 2. The lowest BCUT2D eigenvalue weighted by molar-refractivity contribution is -0.128. The van der Waals surface area contributed by atoms with Crippen LogP contribution >= 0.6 is 0 Å². The number of nitriles is 1. The topological polar surface area (TPSA) is 91.2 Å². The molecular formula is C22H23N3O3. The van der Waals surface area contributed by atoms with Crippen molar-refractivity contribution in [3.63, 3.8) is 0 Å². The molecule has 0 aliphatic carbocycles. The number of carbonyl (C=O) groups is 2. The van der Waals surface area contributed by atoms with Gasteiger partial charge < -0.3 is 4.74 Å². The van der Waals surface area contributed by atoms with Gasteiger partial charge in [-0.3, -0.25) is 20.4 Å². The summed E-state index contributed by atoms with van der Waals surface area (Å²) >= 11 is 0. The summed E-state index contributed by atoms with van der Waals surface area (Å²) in [6, 6.07) is 16.6. The van der Waals surface area contributed by atoms with E-state index in [1.165, 1.54) is 6.08 Å². The van der Waals surface area contributed by atoms with E-state index in [4.69, 9.17) is 10.00 Å². The van der Waals surface area contributed by atoms with E-state index in [0.717, 1.165) is 11.1 Å². The Morgan fingerprint density at radius 3 is 2.50 bits per heavy atom. The normalized spacial score (nSPS) is 10.9. The molecule has 0 spiro atoms. The highest BCUT2D eigenvalue weighted by molar-refractivity contribution is 6.02. The van der Waals surface area contributed by atoms with Crippen LogP contribution in [0.1, 0.15) is 36.5 Å². The third kappa shape index (κ3) is 5.99. The Morgan fingerprint density at radius 1 is 1.14 bits per heavy atom. The molecule has 0 fully saturated rings. The molecule has 0 bridgehead atoms. The molecule has 2 aromatic carbocycles. The molecule has 2 rings (SSSR count). The number of aryl methyl sites for hydroxylation is 1. The first-order valence-corrected chi connectivity index (χ1v) is 8.90. The van der Waals surface area contributed by atoms with Crippen molar-refractivity contribution in [1.82, 2.24) is 10.9 Å². The second-order valence-electron chi connectivity index (χ2n) is 6.57. The van der Waals surface area contributed by atoms with Crippen molar-refractivity contribution >= 4 is 17.9 Å². The number of hydrogen-bond donors (Lipinski definition) is 2. The lowest BCUT2D eigenvalue weighted by Gasteiger charge is -2.15. The van der Waals surface area contributed by atoms with Gasteiger partial charge in [0.15, 0.2) is 6.61 Å². The van der Waals surface area contributed by atoms with E-state index in [-0.39, 0.29) is 18.1 Å². The van der Waals surface area contributed by atoms with Gasteiger partial charge in [-0.05, 0) is 41.7 Å². The Hall–Kier alpha value is -3.59. The summed E-state index contributed by atoms with van der Waals surface area (Å²) in [5.74, 6) is -0.336. The Labute approximate surface area is 164 Å². The minimum absolute atomic E-state index is 0.117. The van der Waals surface area contributed by atoms with Gasteiger partial charge in [0.25, 0.3) is 11.8 Å². The van der Waals surface area contributed by atoms with Crippen molar-refractivity contribution in [3.8, 4) is 11.8 Å². The molecule has 0 aromatic heterocycles. The quantitative estimate of drug-likeness (QED) is 0.459. The van der Waals surface area contributed by atoms with Gasteiger partial charge >= 0.3 is 0 Å². The highest BCUT2D eigenvalue weighted by atomic mass is 16.5. The van der Waals surface area contributed by atoms with Crippen LogP contribution in [0, 0.1) is 18.3 Å². The highest BCUT2D eigenvalue weighted by Gasteiger charge is 2.13. The summed E-state index contributed by atoms with van der Waals surface area (Å²) in [4.78, 5) is 24.1. The van der Waals surface area contributed by atoms with Crippen LogP contribution in [0.3, 0.4) is 0 Å². The Bertz CT molecular complexity index is 912. The van der Waals surface area contributed by atoms with Crippen molar-refractivity contribution in [2.75, 3.05) is 6.61 Å². The molecule has 0 atom stereocenters. The van der Waals surface area contributed by atoms with Crippen molar-refractivity contribution in [2.24, 2.45) is 0 Å². The summed E-state index contributed by atoms with van der Waals surface area (Å²) in [6.45, 7) is 5.77. The van der Waals surface area contributed by atoms with Crippen LogP contribution in [0.5, 0.6) is 5.75 Å². The Balaban J connectivity index is 1.92. The number of nitrogens with one attached hydrogen (secondary N) is 2. The van der Waals surface area contributed by atoms with E-state index in [1.807, 2.05) is 51.1 Å². The minimum atomic E-state index is -0.696. The number of rotatable bonds is 6. The first kappa shape index (κ1) is 20.7. The molecule has 0 aliphatic heterocycles. The molecule has 0 aliphatic rings. The molecule has 2 N–H and O–H groups in total. The van der Waals surface area contributed by atoms with Gasteiger partial charge in [-0.1, -0.05) is 56.3 Å².